The van der Waals surface area contributed by atoms with Crippen LogP contribution < -0.4 is 0 Å². The highest BCUT2D eigenvalue weighted by atomic mass is 16.3. The lowest BCUT2D eigenvalue weighted by Crippen LogP contribution is -2.58. The maximum absolute atomic E-state index is 13.1. The van der Waals surface area contributed by atoms with Crippen LogP contribution in [0.5, 0.6) is 0 Å². The van der Waals surface area contributed by atoms with Crippen LogP contribution in [0.3, 0.4) is 0 Å². The fourth-order valence-electron chi connectivity index (χ4n) is 4.02. The van der Waals surface area contributed by atoms with Gasteiger partial charge in [0, 0.05) is 26.1 Å². The van der Waals surface area contributed by atoms with E-state index in [1.54, 1.807) is 20.8 Å². The fourth-order valence-corrected chi connectivity index (χ4v) is 4.02. The third kappa shape index (κ3) is 3.73. The SMILES string of the molecule is CC(C)CN1C(=O)N(CCO)C(=O)C12CCN(C(=O)CCn1cncn1)CC2. The van der Waals surface area contributed by atoms with Crippen molar-refractivity contribution in [3.8, 4) is 0 Å². The van der Waals surface area contributed by atoms with Crippen molar-refractivity contribution in [2.45, 2.75) is 45.2 Å². The zero-order valence-corrected chi connectivity index (χ0v) is 16.5. The van der Waals surface area contributed by atoms with Gasteiger partial charge in [0.2, 0.25) is 5.91 Å². The average molecular weight is 392 g/mol. The highest BCUT2D eigenvalue weighted by Crippen LogP contribution is 2.37. The second-order valence-corrected chi connectivity index (χ2v) is 7.79. The molecule has 2 saturated heterocycles. The third-order valence-electron chi connectivity index (χ3n) is 5.46. The minimum atomic E-state index is -0.904. The zero-order chi connectivity index (χ0) is 20.3. The zero-order valence-electron chi connectivity index (χ0n) is 16.5. The van der Waals surface area contributed by atoms with Crippen LogP contribution in [0.1, 0.15) is 33.1 Å². The predicted octanol–water partition coefficient (Wildman–Crippen LogP) is -0.0581. The number of urea groups is 1. The number of aryl methyl sites for hydroxylation is 1. The molecule has 1 spiro atoms. The molecule has 0 bridgehead atoms. The van der Waals surface area contributed by atoms with E-state index >= 15 is 0 Å². The summed E-state index contributed by atoms with van der Waals surface area (Å²) in [7, 11) is 0. The number of imide groups is 1. The number of carbonyl (C=O) groups is 3. The maximum Gasteiger partial charge on any atom is 0.327 e. The molecule has 1 aromatic heterocycles. The van der Waals surface area contributed by atoms with Crippen molar-refractivity contribution in [1.29, 1.82) is 0 Å². The number of piperidine rings is 1. The lowest BCUT2D eigenvalue weighted by atomic mass is 9.85. The van der Waals surface area contributed by atoms with E-state index in [9.17, 15) is 19.5 Å². The van der Waals surface area contributed by atoms with Crippen molar-refractivity contribution in [3.05, 3.63) is 12.7 Å². The van der Waals surface area contributed by atoms with E-state index in [0.29, 0.717) is 45.4 Å². The first kappa shape index (κ1) is 20.2. The Labute approximate surface area is 164 Å². The van der Waals surface area contributed by atoms with Crippen molar-refractivity contribution in [2.24, 2.45) is 5.92 Å². The largest absolute Gasteiger partial charge is 0.395 e. The van der Waals surface area contributed by atoms with Gasteiger partial charge >= 0.3 is 6.03 Å². The summed E-state index contributed by atoms with van der Waals surface area (Å²) < 4.78 is 1.61. The summed E-state index contributed by atoms with van der Waals surface area (Å²) in [5, 5.41) is 13.2. The van der Waals surface area contributed by atoms with E-state index < -0.39 is 5.54 Å². The topological polar surface area (TPSA) is 112 Å². The molecule has 2 aliphatic rings. The first-order valence-corrected chi connectivity index (χ1v) is 9.73. The Balaban J connectivity index is 1.67. The highest BCUT2D eigenvalue weighted by Gasteiger charge is 2.57. The van der Waals surface area contributed by atoms with E-state index in [0.717, 1.165) is 4.90 Å². The lowest BCUT2D eigenvalue weighted by molar-refractivity contribution is -0.141. The van der Waals surface area contributed by atoms with Crippen molar-refractivity contribution in [3.63, 3.8) is 0 Å². The van der Waals surface area contributed by atoms with Gasteiger partial charge in [-0.1, -0.05) is 13.8 Å². The van der Waals surface area contributed by atoms with Gasteiger partial charge in [-0.15, -0.1) is 0 Å². The standard InChI is InChI=1S/C18H28N6O4/c1-14(2)11-24-17(28)23(9-10-25)16(27)18(24)4-7-21(8-5-18)15(26)3-6-22-13-19-12-20-22/h12-14,25H,3-11H2,1-2H3. The molecular weight excluding hydrogens is 364 g/mol. The molecule has 0 aromatic carbocycles. The first-order chi connectivity index (χ1) is 13.4. The van der Waals surface area contributed by atoms with Gasteiger partial charge in [0.15, 0.2) is 0 Å². The summed E-state index contributed by atoms with van der Waals surface area (Å²) in [4.78, 5) is 46.8. The lowest BCUT2D eigenvalue weighted by Gasteiger charge is -2.42. The molecule has 2 aliphatic heterocycles. The minimum absolute atomic E-state index is 0.00439. The van der Waals surface area contributed by atoms with Gasteiger partial charge in [-0.05, 0) is 18.8 Å². The number of likely N-dealkylation sites (tertiary alicyclic amines) is 1. The maximum atomic E-state index is 13.1. The summed E-state index contributed by atoms with van der Waals surface area (Å²) in [6.07, 6.45) is 4.15. The van der Waals surface area contributed by atoms with Gasteiger partial charge in [-0.2, -0.15) is 5.10 Å². The number of carbonyl (C=O) groups excluding carboxylic acids is 3. The number of aromatic nitrogens is 3. The third-order valence-corrected chi connectivity index (χ3v) is 5.46. The van der Waals surface area contributed by atoms with Crippen LogP contribution in [0.2, 0.25) is 0 Å². The second kappa shape index (κ2) is 8.26. The van der Waals surface area contributed by atoms with E-state index in [-0.39, 0.29) is 36.9 Å². The van der Waals surface area contributed by atoms with E-state index in [1.807, 2.05) is 13.8 Å². The number of aliphatic hydroxyl groups is 1. The number of β-amino-alcohol motifs (C(OH)–C–C–N with tert-alkyl or cyclic N) is 1. The van der Waals surface area contributed by atoms with Crippen molar-refractivity contribution in [1.82, 2.24) is 29.5 Å². The number of amides is 4. The molecule has 0 radical (unpaired) electrons. The van der Waals surface area contributed by atoms with Crippen LogP contribution in [0, 0.1) is 5.92 Å². The van der Waals surface area contributed by atoms with Gasteiger partial charge in [-0.3, -0.25) is 19.2 Å². The molecule has 4 amide bonds. The molecule has 3 rings (SSSR count). The number of rotatable bonds is 7. The molecule has 2 fully saturated rings. The van der Waals surface area contributed by atoms with Gasteiger partial charge in [0.05, 0.1) is 19.7 Å². The average Bonchev–Trinajstić information content (AvgIpc) is 3.26. The Bertz CT molecular complexity index is 712. The molecule has 0 aliphatic carbocycles. The molecular formula is C18H28N6O4. The molecule has 1 aromatic rings. The molecule has 3 heterocycles. The molecule has 1 N–H and O–H groups in total. The van der Waals surface area contributed by atoms with Crippen LogP contribution in [0.15, 0.2) is 12.7 Å². The summed E-state index contributed by atoms with van der Waals surface area (Å²) in [6.45, 7) is 5.55. The van der Waals surface area contributed by atoms with Crippen LogP contribution in [-0.2, 0) is 16.1 Å². The van der Waals surface area contributed by atoms with Gasteiger partial charge < -0.3 is 14.9 Å². The molecule has 0 unspecified atom stereocenters. The molecule has 10 heteroatoms. The molecule has 0 saturated carbocycles. The Morgan fingerprint density at radius 1 is 1.25 bits per heavy atom. The van der Waals surface area contributed by atoms with Gasteiger partial charge in [0.25, 0.3) is 5.91 Å². The van der Waals surface area contributed by atoms with E-state index in [4.69, 9.17) is 0 Å². The van der Waals surface area contributed by atoms with Crippen molar-refractivity contribution in [2.75, 3.05) is 32.8 Å². The number of hydrogen-bond acceptors (Lipinski definition) is 6. The van der Waals surface area contributed by atoms with Gasteiger partial charge in [-0.25, -0.2) is 9.78 Å². The summed E-state index contributed by atoms with van der Waals surface area (Å²) >= 11 is 0. The highest BCUT2D eigenvalue weighted by molar-refractivity contribution is 6.07. The monoisotopic (exact) mass is 392 g/mol. The smallest absolute Gasteiger partial charge is 0.327 e. The van der Waals surface area contributed by atoms with Crippen molar-refractivity contribution >= 4 is 17.8 Å². The molecule has 28 heavy (non-hydrogen) atoms. The number of hydrogen-bond donors (Lipinski definition) is 1. The minimum Gasteiger partial charge on any atom is -0.395 e. The molecule has 0 atom stereocenters. The molecule has 10 nitrogen and oxygen atoms in total. The number of aliphatic hydroxyl groups excluding tert-OH is 1. The van der Waals surface area contributed by atoms with Crippen LogP contribution in [0.4, 0.5) is 4.79 Å². The van der Waals surface area contributed by atoms with E-state index in [2.05, 4.69) is 10.1 Å². The van der Waals surface area contributed by atoms with Crippen molar-refractivity contribution < 1.29 is 19.5 Å². The summed E-state index contributed by atoms with van der Waals surface area (Å²) in [5.41, 5.74) is -0.904. The Morgan fingerprint density at radius 2 is 1.96 bits per heavy atom. The predicted molar refractivity (Wildman–Crippen MR) is 98.9 cm³/mol. The van der Waals surface area contributed by atoms with Crippen LogP contribution in [-0.4, -0.2) is 90.7 Å². The summed E-state index contributed by atoms with van der Waals surface area (Å²) in [5.74, 6) is -0.0308. The second-order valence-electron chi connectivity index (χ2n) is 7.79. The first-order valence-electron chi connectivity index (χ1n) is 9.73. The van der Waals surface area contributed by atoms with Crippen LogP contribution in [0.25, 0.3) is 0 Å². The Hall–Kier alpha value is -2.49. The quantitative estimate of drug-likeness (QED) is 0.651. The molecule has 154 valence electrons. The Kier molecular flexibility index (Phi) is 5.97. The summed E-state index contributed by atoms with van der Waals surface area (Å²) in [6, 6.07) is -0.335. The fraction of sp³-hybridized carbons (Fsp3) is 0.722. The Morgan fingerprint density at radius 3 is 2.54 bits per heavy atom. The van der Waals surface area contributed by atoms with Gasteiger partial charge in [0.1, 0.15) is 18.2 Å². The van der Waals surface area contributed by atoms with E-state index in [1.165, 1.54) is 6.33 Å². The number of nitrogens with zero attached hydrogens (tertiary/aromatic N) is 6. The normalized spacial score (nSPS) is 19.4. The van der Waals surface area contributed by atoms with Crippen LogP contribution >= 0.6 is 0 Å².